The second-order valence-corrected chi connectivity index (χ2v) is 6.94. The summed E-state index contributed by atoms with van der Waals surface area (Å²) < 4.78 is 14.9. The number of rotatable bonds is 3. The minimum Gasteiger partial charge on any atom is -0.294 e. The van der Waals surface area contributed by atoms with Crippen molar-refractivity contribution in [2.24, 2.45) is 0 Å². The molecule has 2 aromatic carbocycles. The third-order valence-electron chi connectivity index (χ3n) is 3.96. The van der Waals surface area contributed by atoms with Crippen LogP contribution in [0.3, 0.4) is 0 Å². The van der Waals surface area contributed by atoms with Gasteiger partial charge >= 0.3 is 0 Å². The molecule has 4 rings (SSSR count). The molecule has 0 atom stereocenters. The molecule has 6 heteroatoms. The number of nitrogens with zero attached hydrogens (tertiary/aromatic N) is 2. The molecule has 3 nitrogen and oxygen atoms in total. The summed E-state index contributed by atoms with van der Waals surface area (Å²) in [6.07, 6.45) is 1.51. The monoisotopic (exact) mass is 370 g/mol. The summed E-state index contributed by atoms with van der Waals surface area (Å²) in [6.45, 7) is 0.273. The smallest absolute Gasteiger partial charge is 0.263 e. The number of hydrogen-bond donors (Lipinski definition) is 0. The van der Waals surface area contributed by atoms with Crippen LogP contribution in [-0.2, 0) is 6.54 Å². The third kappa shape index (κ3) is 3.08. The molecule has 2 aromatic heterocycles. The second kappa shape index (κ2) is 6.43. The van der Waals surface area contributed by atoms with Crippen molar-refractivity contribution in [1.29, 1.82) is 0 Å². The van der Waals surface area contributed by atoms with E-state index in [4.69, 9.17) is 11.6 Å². The van der Waals surface area contributed by atoms with Gasteiger partial charge < -0.3 is 0 Å². The molecule has 0 aliphatic carbocycles. The molecule has 0 bridgehead atoms. The van der Waals surface area contributed by atoms with Crippen LogP contribution in [0.1, 0.15) is 5.56 Å². The molecule has 0 saturated heterocycles. The van der Waals surface area contributed by atoms with Crippen LogP contribution >= 0.6 is 22.9 Å². The summed E-state index contributed by atoms with van der Waals surface area (Å²) in [5.74, 6) is -0.322. The zero-order valence-electron chi connectivity index (χ0n) is 12.9. The van der Waals surface area contributed by atoms with Crippen LogP contribution in [-0.4, -0.2) is 9.55 Å². The maximum absolute atomic E-state index is 13.4. The second-order valence-electron chi connectivity index (χ2n) is 5.64. The molecule has 0 N–H and O–H groups in total. The van der Waals surface area contributed by atoms with Crippen molar-refractivity contribution >= 4 is 33.2 Å². The quantitative estimate of drug-likeness (QED) is 0.510. The predicted octanol–water partition coefficient (Wildman–Crippen LogP) is 4.97. The van der Waals surface area contributed by atoms with Crippen molar-refractivity contribution in [3.8, 4) is 11.1 Å². The molecular formula is C19H12ClFN2OS. The summed E-state index contributed by atoms with van der Waals surface area (Å²) in [5, 5.41) is 3.14. The number of hydrogen-bond acceptors (Lipinski definition) is 3. The Morgan fingerprint density at radius 2 is 1.96 bits per heavy atom. The molecule has 0 spiro atoms. The van der Waals surface area contributed by atoms with E-state index in [9.17, 15) is 9.18 Å². The lowest BCUT2D eigenvalue weighted by Crippen LogP contribution is -2.21. The standard InChI is InChI=1S/C19H12ClFN2OS/c20-14-6-4-13(5-7-14)16-10-25-18-17(16)19(24)23(11-22-18)9-12-2-1-3-15(21)8-12/h1-8,10-11H,9H2. The Balaban J connectivity index is 1.83. The highest BCUT2D eigenvalue weighted by molar-refractivity contribution is 7.17. The first-order valence-electron chi connectivity index (χ1n) is 7.59. The van der Waals surface area contributed by atoms with Gasteiger partial charge in [-0.2, -0.15) is 0 Å². The number of thiophene rings is 1. The fourth-order valence-corrected chi connectivity index (χ4v) is 3.79. The van der Waals surface area contributed by atoms with Crippen molar-refractivity contribution in [3.05, 3.63) is 87.0 Å². The zero-order valence-corrected chi connectivity index (χ0v) is 14.5. The van der Waals surface area contributed by atoms with Gasteiger partial charge in [-0.1, -0.05) is 35.9 Å². The van der Waals surface area contributed by atoms with Crippen molar-refractivity contribution in [1.82, 2.24) is 9.55 Å². The molecule has 0 aliphatic rings. The van der Waals surface area contributed by atoms with E-state index in [-0.39, 0.29) is 17.9 Å². The van der Waals surface area contributed by atoms with Gasteiger partial charge in [0.1, 0.15) is 10.6 Å². The molecule has 124 valence electrons. The number of fused-ring (bicyclic) bond motifs is 1. The summed E-state index contributed by atoms with van der Waals surface area (Å²) in [5.41, 5.74) is 2.33. The molecule has 0 fully saturated rings. The highest BCUT2D eigenvalue weighted by atomic mass is 35.5. The van der Waals surface area contributed by atoms with Crippen LogP contribution in [0, 0.1) is 5.82 Å². The Kier molecular flexibility index (Phi) is 4.11. The topological polar surface area (TPSA) is 34.9 Å². The lowest BCUT2D eigenvalue weighted by molar-refractivity contribution is 0.622. The molecule has 0 unspecified atom stereocenters. The summed E-state index contributed by atoms with van der Waals surface area (Å²) >= 11 is 7.37. The van der Waals surface area contributed by atoms with Crippen molar-refractivity contribution < 1.29 is 4.39 Å². The van der Waals surface area contributed by atoms with Crippen LogP contribution in [0.2, 0.25) is 5.02 Å². The van der Waals surface area contributed by atoms with Crippen LogP contribution in [0.5, 0.6) is 0 Å². The molecule has 0 aliphatic heterocycles. The van der Waals surface area contributed by atoms with Crippen molar-refractivity contribution in [2.45, 2.75) is 6.54 Å². The van der Waals surface area contributed by atoms with E-state index in [2.05, 4.69) is 4.98 Å². The largest absolute Gasteiger partial charge is 0.294 e. The average molecular weight is 371 g/mol. The Bertz CT molecular complexity index is 1120. The van der Waals surface area contributed by atoms with Gasteiger partial charge in [0.2, 0.25) is 0 Å². The Morgan fingerprint density at radius 3 is 2.72 bits per heavy atom. The minimum absolute atomic E-state index is 0.138. The van der Waals surface area contributed by atoms with E-state index in [1.165, 1.54) is 34.4 Å². The minimum atomic E-state index is -0.322. The Labute approximate surface area is 152 Å². The summed E-state index contributed by atoms with van der Waals surface area (Å²) in [6, 6.07) is 13.6. The first-order valence-corrected chi connectivity index (χ1v) is 8.84. The van der Waals surface area contributed by atoms with Crippen LogP contribution in [0.15, 0.2) is 65.0 Å². The van der Waals surface area contributed by atoms with Gasteiger partial charge in [-0.3, -0.25) is 9.36 Å². The highest BCUT2D eigenvalue weighted by Crippen LogP contribution is 2.31. The first-order chi connectivity index (χ1) is 12.1. The third-order valence-corrected chi connectivity index (χ3v) is 5.10. The van der Waals surface area contributed by atoms with Gasteiger partial charge in [-0.15, -0.1) is 11.3 Å². The van der Waals surface area contributed by atoms with E-state index in [1.807, 2.05) is 17.5 Å². The molecule has 0 radical (unpaired) electrons. The Morgan fingerprint density at radius 1 is 1.16 bits per heavy atom. The van der Waals surface area contributed by atoms with Gasteiger partial charge in [-0.05, 0) is 35.4 Å². The summed E-state index contributed by atoms with van der Waals surface area (Å²) in [4.78, 5) is 18.0. The van der Waals surface area contributed by atoms with Crippen molar-refractivity contribution in [2.75, 3.05) is 0 Å². The molecular weight excluding hydrogens is 359 g/mol. The van der Waals surface area contributed by atoms with Gasteiger partial charge in [0.15, 0.2) is 0 Å². The zero-order chi connectivity index (χ0) is 17.4. The fraction of sp³-hybridized carbons (Fsp3) is 0.0526. The Hall–Kier alpha value is -2.50. The lowest BCUT2D eigenvalue weighted by atomic mass is 10.1. The maximum atomic E-state index is 13.4. The average Bonchev–Trinajstić information content (AvgIpc) is 3.03. The number of halogens is 2. The van der Waals surface area contributed by atoms with E-state index >= 15 is 0 Å². The van der Waals surface area contributed by atoms with Gasteiger partial charge in [0.05, 0.1) is 18.3 Å². The predicted molar refractivity (Wildman–Crippen MR) is 99.8 cm³/mol. The van der Waals surface area contributed by atoms with Crippen LogP contribution in [0.25, 0.3) is 21.3 Å². The normalized spacial score (nSPS) is 11.1. The molecule has 4 aromatic rings. The van der Waals surface area contributed by atoms with Crippen molar-refractivity contribution in [3.63, 3.8) is 0 Å². The van der Waals surface area contributed by atoms with E-state index in [0.29, 0.717) is 20.8 Å². The number of benzene rings is 2. The van der Waals surface area contributed by atoms with E-state index in [0.717, 1.165) is 11.1 Å². The molecule has 25 heavy (non-hydrogen) atoms. The molecule has 0 amide bonds. The van der Waals surface area contributed by atoms with Gasteiger partial charge in [0, 0.05) is 16.0 Å². The van der Waals surface area contributed by atoms with Crippen LogP contribution < -0.4 is 5.56 Å². The summed E-state index contributed by atoms with van der Waals surface area (Å²) in [7, 11) is 0. The SMILES string of the molecule is O=c1c2c(-c3ccc(Cl)cc3)csc2ncn1Cc1cccc(F)c1. The van der Waals surface area contributed by atoms with Gasteiger partial charge in [-0.25, -0.2) is 9.37 Å². The lowest BCUT2D eigenvalue weighted by Gasteiger charge is -2.07. The number of aromatic nitrogens is 2. The highest BCUT2D eigenvalue weighted by Gasteiger charge is 2.13. The fourth-order valence-electron chi connectivity index (χ4n) is 2.75. The molecule has 2 heterocycles. The first kappa shape index (κ1) is 16.0. The maximum Gasteiger partial charge on any atom is 0.263 e. The van der Waals surface area contributed by atoms with Crippen LogP contribution in [0.4, 0.5) is 4.39 Å². The van der Waals surface area contributed by atoms with Gasteiger partial charge in [0.25, 0.3) is 5.56 Å². The van der Waals surface area contributed by atoms with E-state index in [1.54, 1.807) is 24.3 Å². The molecule has 0 saturated carbocycles. The van der Waals surface area contributed by atoms with E-state index < -0.39 is 0 Å².